The lowest BCUT2D eigenvalue weighted by Gasteiger charge is -2.24. The minimum atomic E-state index is -0.128. The van der Waals surface area contributed by atoms with Crippen LogP contribution < -0.4 is 5.32 Å². The second-order valence-electron chi connectivity index (χ2n) is 6.85. The number of rotatable bonds is 6. The molecule has 0 unspecified atom stereocenters. The van der Waals surface area contributed by atoms with E-state index in [-0.39, 0.29) is 5.91 Å². The van der Waals surface area contributed by atoms with E-state index >= 15 is 0 Å². The van der Waals surface area contributed by atoms with Crippen LogP contribution in [0.5, 0.6) is 0 Å². The molecule has 0 bridgehead atoms. The van der Waals surface area contributed by atoms with Crippen LogP contribution in [0.25, 0.3) is 0 Å². The molecule has 2 aromatic rings. The molecule has 24 heavy (non-hydrogen) atoms. The van der Waals surface area contributed by atoms with E-state index in [0.29, 0.717) is 24.2 Å². The minimum absolute atomic E-state index is 0.128. The molecule has 0 spiro atoms. The maximum atomic E-state index is 12.3. The Morgan fingerprint density at radius 3 is 2.88 bits per heavy atom. The fraction of sp³-hybridized carbons (Fsp3) is 0.474. The summed E-state index contributed by atoms with van der Waals surface area (Å²) in [4.78, 5) is 14.7. The fourth-order valence-corrected chi connectivity index (χ4v) is 3.41. The zero-order chi connectivity index (χ0) is 16.4. The van der Waals surface area contributed by atoms with Crippen molar-refractivity contribution in [1.82, 2.24) is 15.4 Å². The van der Waals surface area contributed by atoms with Crippen molar-refractivity contribution in [2.75, 3.05) is 13.1 Å². The molecule has 1 amide bonds. The lowest BCUT2D eigenvalue weighted by atomic mass is 10.2. The molecular formula is C19H23N3O2. The quantitative estimate of drug-likeness (QED) is 0.887. The largest absolute Gasteiger partial charge is 0.360 e. The molecule has 1 aliphatic carbocycles. The summed E-state index contributed by atoms with van der Waals surface area (Å²) < 4.78 is 5.26. The van der Waals surface area contributed by atoms with Gasteiger partial charge in [0.15, 0.2) is 5.69 Å². The highest BCUT2D eigenvalue weighted by molar-refractivity contribution is 5.92. The number of nitrogens with one attached hydrogen (secondary N) is 1. The van der Waals surface area contributed by atoms with Gasteiger partial charge in [0.05, 0.1) is 0 Å². The smallest absolute Gasteiger partial charge is 0.273 e. The Morgan fingerprint density at radius 2 is 2.08 bits per heavy atom. The molecule has 1 atom stereocenters. The van der Waals surface area contributed by atoms with E-state index in [4.69, 9.17) is 4.52 Å². The summed E-state index contributed by atoms with van der Waals surface area (Å²) >= 11 is 0. The second-order valence-corrected chi connectivity index (χ2v) is 6.85. The summed E-state index contributed by atoms with van der Waals surface area (Å²) in [6.45, 7) is 2.69. The van der Waals surface area contributed by atoms with E-state index in [1.165, 1.54) is 12.0 Å². The van der Waals surface area contributed by atoms with Crippen molar-refractivity contribution in [2.24, 2.45) is 0 Å². The Kier molecular flexibility index (Phi) is 4.34. The summed E-state index contributed by atoms with van der Waals surface area (Å²) in [5.74, 6) is 1.21. The van der Waals surface area contributed by atoms with Crippen molar-refractivity contribution in [3.05, 3.63) is 53.4 Å². The first-order valence-electron chi connectivity index (χ1n) is 8.82. The van der Waals surface area contributed by atoms with Gasteiger partial charge < -0.3 is 9.84 Å². The van der Waals surface area contributed by atoms with Crippen molar-refractivity contribution >= 4 is 5.91 Å². The van der Waals surface area contributed by atoms with Gasteiger partial charge in [0, 0.05) is 31.1 Å². The normalized spacial score (nSPS) is 21.1. The molecule has 1 N–H and O–H groups in total. The predicted molar refractivity (Wildman–Crippen MR) is 90.7 cm³/mol. The van der Waals surface area contributed by atoms with Gasteiger partial charge in [-0.05, 0) is 37.8 Å². The van der Waals surface area contributed by atoms with Crippen molar-refractivity contribution in [3.63, 3.8) is 0 Å². The molecule has 2 fully saturated rings. The van der Waals surface area contributed by atoms with Crippen LogP contribution in [0.15, 0.2) is 40.9 Å². The number of carbonyl (C=O) groups is 1. The summed E-state index contributed by atoms with van der Waals surface area (Å²) in [5.41, 5.74) is 1.73. The van der Waals surface area contributed by atoms with Crippen LogP contribution in [-0.4, -0.2) is 35.1 Å². The maximum Gasteiger partial charge on any atom is 0.273 e. The van der Waals surface area contributed by atoms with Crippen LogP contribution in [0.1, 0.15) is 53.4 Å². The van der Waals surface area contributed by atoms with Crippen LogP contribution in [0.4, 0.5) is 0 Å². The number of benzene rings is 1. The fourth-order valence-electron chi connectivity index (χ4n) is 3.41. The third-order valence-electron chi connectivity index (χ3n) is 4.97. The van der Waals surface area contributed by atoms with Crippen LogP contribution >= 0.6 is 0 Å². The molecular weight excluding hydrogens is 302 g/mol. The Labute approximate surface area is 142 Å². The molecule has 1 saturated carbocycles. The lowest BCUT2D eigenvalue weighted by Crippen LogP contribution is -2.39. The molecule has 2 aliphatic rings. The van der Waals surface area contributed by atoms with Gasteiger partial charge in [-0.15, -0.1) is 0 Å². The second kappa shape index (κ2) is 6.77. The first kappa shape index (κ1) is 15.4. The zero-order valence-electron chi connectivity index (χ0n) is 13.8. The van der Waals surface area contributed by atoms with E-state index in [0.717, 1.165) is 38.1 Å². The Hall–Kier alpha value is -2.14. The Morgan fingerprint density at radius 1 is 1.25 bits per heavy atom. The van der Waals surface area contributed by atoms with Crippen molar-refractivity contribution in [1.29, 1.82) is 0 Å². The van der Waals surface area contributed by atoms with E-state index < -0.39 is 0 Å². The molecule has 2 heterocycles. The number of carbonyl (C=O) groups excluding carboxylic acids is 1. The third-order valence-corrected chi connectivity index (χ3v) is 4.97. The molecule has 5 nitrogen and oxygen atoms in total. The molecule has 0 radical (unpaired) electrons. The van der Waals surface area contributed by atoms with E-state index in [2.05, 4.69) is 39.6 Å². The van der Waals surface area contributed by atoms with E-state index in [1.54, 1.807) is 6.07 Å². The van der Waals surface area contributed by atoms with Crippen molar-refractivity contribution in [2.45, 2.75) is 44.2 Å². The van der Waals surface area contributed by atoms with Gasteiger partial charge in [0.2, 0.25) is 0 Å². The summed E-state index contributed by atoms with van der Waals surface area (Å²) in [6, 6.07) is 12.7. The molecule has 4 rings (SSSR count). The van der Waals surface area contributed by atoms with Crippen LogP contribution in [0, 0.1) is 0 Å². The average molecular weight is 325 g/mol. The number of amides is 1. The van der Waals surface area contributed by atoms with Gasteiger partial charge in [0.25, 0.3) is 5.91 Å². The molecule has 5 heteroatoms. The van der Waals surface area contributed by atoms with Crippen molar-refractivity contribution < 1.29 is 9.32 Å². The van der Waals surface area contributed by atoms with Gasteiger partial charge in [-0.2, -0.15) is 0 Å². The third kappa shape index (κ3) is 3.51. The number of aromatic nitrogens is 1. The first-order chi connectivity index (χ1) is 11.8. The SMILES string of the molecule is O=C(NC[C@H]1CCCN1Cc1ccccc1)c1cc(C2CC2)on1. The number of nitrogens with zero attached hydrogens (tertiary/aromatic N) is 2. The summed E-state index contributed by atoms with van der Waals surface area (Å²) in [7, 11) is 0. The van der Waals surface area contributed by atoms with Crippen LogP contribution in [-0.2, 0) is 6.54 Å². The van der Waals surface area contributed by atoms with E-state index in [9.17, 15) is 4.79 Å². The standard InChI is InChI=1S/C19H23N3O2/c23-19(17-11-18(24-21-17)15-8-9-15)20-12-16-7-4-10-22(16)13-14-5-2-1-3-6-14/h1-3,5-6,11,15-16H,4,7-10,12-13H2,(H,20,23)/t16-/m1/s1. The molecule has 1 aromatic carbocycles. The number of likely N-dealkylation sites (tertiary alicyclic amines) is 1. The van der Waals surface area contributed by atoms with Gasteiger partial charge >= 0.3 is 0 Å². The number of hydrogen-bond acceptors (Lipinski definition) is 4. The molecule has 1 saturated heterocycles. The van der Waals surface area contributed by atoms with Crippen LogP contribution in [0.3, 0.4) is 0 Å². The monoisotopic (exact) mass is 325 g/mol. The Balaban J connectivity index is 1.31. The van der Waals surface area contributed by atoms with Gasteiger partial charge in [0.1, 0.15) is 5.76 Å². The van der Waals surface area contributed by atoms with Gasteiger partial charge in [-0.25, -0.2) is 0 Å². The molecule has 126 valence electrons. The first-order valence-corrected chi connectivity index (χ1v) is 8.82. The number of hydrogen-bond donors (Lipinski definition) is 1. The summed E-state index contributed by atoms with van der Waals surface area (Å²) in [5, 5.41) is 6.93. The zero-order valence-corrected chi connectivity index (χ0v) is 13.8. The lowest BCUT2D eigenvalue weighted by molar-refractivity contribution is 0.0930. The minimum Gasteiger partial charge on any atom is -0.360 e. The van der Waals surface area contributed by atoms with Crippen molar-refractivity contribution in [3.8, 4) is 0 Å². The predicted octanol–water partition coefficient (Wildman–Crippen LogP) is 2.95. The highest BCUT2D eigenvalue weighted by Gasteiger charge is 2.29. The topological polar surface area (TPSA) is 58.4 Å². The van der Waals surface area contributed by atoms with Gasteiger partial charge in [-0.1, -0.05) is 35.5 Å². The molecule has 1 aliphatic heterocycles. The van der Waals surface area contributed by atoms with E-state index in [1.807, 2.05) is 6.07 Å². The highest BCUT2D eigenvalue weighted by Crippen LogP contribution is 2.40. The summed E-state index contributed by atoms with van der Waals surface area (Å²) in [6.07, 6.45) is 4.60. The average Bonchev–Trinajstić information content (AvgIpc) is 3.17. The highest BCUT2D eigenvalue weighted by atomic mass is 16.5. The van der Waals surface area contributed by atoms with Crippen LogP contribution in [0.2, 0.25) is 0 Å². The van der Waals surface area contributed by atoms with Gasteiger partial charge in [-0.3, -0.25) is 9.69 Å². The Bertz CT molecular complexity index is 694. The molecule has 1 aromatic heterocycles. The maximum absolute atomic E-state index is 12.3.